The molecule has 0 aliphatic rings. The minimum absolute atomic E-state index is 0.381. The van der Waals surface area contributed by atoms with E-state index in [1.165, 1.54) is 0 Å². The fourth-order valence-corrected chi connectivity index (χ4v) is 3.03. The Morgan fingerprint density at radius 3 is 2.19 bits per heavy atom. The van der Waals surface area contributed by atoms with Crippen LogP contribution in [0.2, 0.25) is 6.04 Å². The first kappa shape index (κ1) is 15.3. The smallest absolute Gasteiger partial charge is 0.463 e. The van der Waals surface area contributed by atoms with Gasteiger partial charge >= 0.3 is 14.8 Å². The molecule has 16 heavy (non-hydrogen) atoms. The summed E-state index contributed by atoms with van der Waals surface area (Å²) >= 11 is 0. The van der Waals surface area contributed by atoms with E-state index in [0.29, 0.717) is 12.7 Å². The predicted octanol–water partition coefficient (Wildman–Crippen LogP) is 1.37. The average molecular weight is 248 g/mol. The largest absolute Gasteiger partial charge is 0.500 e. The molecule has 94 valence electrons. The second-order valence-electron chi connectivity index (χ2n) is 3.12. The molecule has 0 heterocycles. The van der Waals surface area contributed by atoms with Crippen molar-refractivity contribution in [2.75, 3.05) is 27.9 Å². The Morgan fingerprint density at radius 2 is 1.75 bits per heavy atom. The summed E-state index contributed by atoms with van der Waals surface area (Å²) in [5.41, 5.74) is 0. The first-order valence-electron chi connectivity index (χ1n) is 5.08. The Labute approximate surface area is 97.7 Å². The molecule has 0 amide bonds. The molecular formula is C10H20O5Si. The van der Waals surface area contributed by atoms with Gasteiger partial charge in [0, 0.05) is 33.4 Å². The van der Waals surface area contributed by atoms with Crippen LogP contribution in [0.3, 0.4) is 0 Å². The van der Waals surface area contributed by atoms with E-state index in [4.69, 9.17) is 18.0 Å². The summed E-state index contributed by atoms with van der Waals surface area (Å²) in [4.78, 5) is 10.7. The van der Waals surface area contributed by atoms with Gasteiger partial charge in [0.25, 0.3) is 0 Å². The highest BCUT2D eigenvalue weighted by Crippen LogP contribution is 2.16. The molecule has 0 aromatic heterocycles. The summed E-state index contributed by atoms with van der Waals surface area (Å²) < 4.78 is 20.6. The minimum Gasteiger partial charge on any atom is -0.463 e. The molecule has 0 atom stereocenters. The fourth-order valence-electron chi connectivity index (χ4n) is 1.23. The van der Waals surface area contributed by atoms with E-state index in [-0.39, 0.29) is 0 Å². The van der Waals surface area contributed by atoms with E-state index in [9.17, 15) is 4.79 Å². The first-order valence-corrected chi connectivity index (χ1v) is 7.02. The van der Waals surface area contributed by atoms with E-state index < -0.39 is 14.8 Å². The Hall–Kier alpha value is -0.693. The van der Waals surface area contributed by atoms with Crippen molar-refractivity contribution in [3.63, 3.8) is 0 Å². The quantitative estimate of drug-likeness (QED) is 0.267. The van der Waals surface area contributed by atoms with Gasteiger partial charge in [-0.05, 0) is 12.8 Å². The Balaban J connectivity index is 3.71. The predicted molar refractivity (Wildman–Crippen MR) is 62.0 cm³/mol. The lowest BCUT2D eigenvalue weighted by atomic mass is 10.4. The molecule has 0 saturated carbocycles. The zero-order chi connectivity index (χ0) is 12.4. The number of esters is 1. The summed E-state index contributed by atoms with van der Waals surface area (Å²) in [5, 5.41) is 0. The van der Waals surface area contributed by atoms with E-state index >= 15 is 0 Å². The monoisotopic (exact) mass is 248 g/mol. The molecule has 0 aliphatic carbocycles. The summed E-state index contributed by atoms with van der Waals surface area (Å²) in [5.74, 6) is -0.395. The van der Waals surface area contributed by atoms with E-state index in [2.05, 4.69) is 6.58 Å². The number of rotatable bonds is 9. The third kappa shape index (κ3) is 5.41. The number of hydrogen-bond donors (Lipinski definition) is 0. The van der Waals surface area contributed by atoms with Crippen LogP contribution in [0.15, 0.2) is 12.7 Å². The summed E-state index contributed by atoms with van der Waals surface area (Å²) in [6.45, 7) is 3.69. The molecule has 0 bridgehead atoms. The maximum Gasteiger partial charge on any atom is 0.500 e. The van der Waals surface area contributed by atoms with Crippen molar-refractivity contribution in [2.24, 2.45) is 0 Å². The van der Waals surface area contributed by atoms with Gasteiger partial charge in [-0.1, -0.05) is 6.58 Å². The van der Waals surface area contributed by atoms with Crippen molar-refractivity contribution in [3.05, 3.63) is 12.7 Å². The van der Waals surface area contributed by atoms with Crippen molar-refractivity contribution in [2.45, 2.75) is 18.9 Å². The molecule has 5 nitrogen and oxygen atoms in total. The molecule has 6 heteroatoms. The van der Waals surface area contributed by atoms with Gasteiger partial charge in [-0.2, -0.15) is 0 Å². The third-order valence-electron chi connectivity index (χ3n) is 2.22. The topological polar surface area (TPSA) is 54.0 Å². The molecule has 0 N–H and O–H groups in total. The standard InChI is InChI=1S/C10H20O5Si/c1-5-10(11)15-8-6-7-9-16(12-2,13-3)14-4/h5H,1,6-9H2,2-4H3. The van der Waals surface area contributed by atoms with Crippen LogP contribution in [-0.4, -0.2) is 42.7 Å². The van der Waals surface area contributed by atoms with Gasteiger partial charge in [0.1, 0.15) is 0 Å². The maximum absolute atomic E-state index is 10.7. The van der Waals surface area contributed by atoms with E-state index in [1.54, 1.807) is 21.3 Å². The van der Waals surface area contributed by atoms with Gasteiger partial charge in [-0.15, -0.1) is 0 Å². The van der Waals surface area contributed by atoms with Crippen molar-refractivity contribution >= 4 is 14.8 Å². The highest BCUT2D eigenvalue weighted by atomic mass is 28.4. The minimum atomic E-state index is -2.46. The van der Waals surface area contributed by atoms with Crippen LogP contribution in [0.5, 0.6) is 0 Å². The molecule has 0 aromatic carbocycles. The van der Waals surface area contributed by atoms with Crippen LogP contribution in [0.4, 0.5) is 0 Å². The van der Waals surface area contributed by atoms with Gasteiger partial charge in [0.15, 0.2) is 0 Å². The lowest BCUT2D eigenvalue weighted by molar-refractivity contribution is -0.137. The van der Waals surface area contributed by atoms with Crippen LogP contribution >= 0.6 is 0 Å². The van der Waals surface area contributed by atoms with Gasteiger partial charge in [0.05, 0.1) is 6.61 Å². The summed E-state index contributed by atoms with van der Waals surface area (Å²) in [7, 11) is 2.28. The van der Waals surface area contributed by atoms with Gasteiger partial charge in [-0.3, -0.25) is 0 Å². The van der Waals surface area contributed by atoms with Crippen LogP contribution in [0.25, 0.3) is 0 Å². The second kappa shape index (κ2) is 8.46. The van der Waals surface area contributed by atoms with E-state index in [1.807, 2.05) is 0 Å². The van der Waals surface area contributed by atoms with Crippen LogP contribution in [0, 0.1) is 0 Å². The number of hydrogen-bond acceptors (Lipinski definition) is 5. The lowest BCUT2D eigenvalue weighted by Crippen LogP contribution is -2.42. The van der Waals surface area contributed by atoms with Gasteiger partial charge < -0.3 is 18.0 Å². The van der Waals surface area contributed by atoms with Crippen molar-refractivity contribution in [3.8, 4) is 0 Å². The summed E-state index contributed by atoms with van der Waals surface area (Å²) in [6, 6.07) is 0.710. The zero-order valence-corrected chi connectivity index (χ0v) is 11.2. The van der Waals surface area contributed by atoms with Crippen molar-refractivity contribution in [1.82, 2.24) is 0 Å². The van der Waals surface area contributed by atoms with Crippen molar-refractivity contribution in [1.29, 1.82) is 0 Å². The van der Waals surface area contributed by atoms with Gasteiger partial charge in [0.2, 0.25) is 0 Å². The number of ether oxygens (including phenoxy) is 1. The molecule has 0 aliphatic heterocycles. The molecule has 0 unspecified atom stereocenters. The number of carbonyl (C=O) groups is 1. The number of unbranched alkanes of at least 4 members (excludes halogenated alkanes) is 1. The van der Waals surface area contributed by atoms with E-state index in [0.717, 1.165) is 18.9 Å². The normalized spacial score (nSPS) is 11.2. The van der Waals surface area contributed by atoms with Gasteiger partial charge in [-0.25, -0.2) is 4.79 Å². The van der Waals surface area contributed by atoms with Crippen LogP contribution < -0.4 is 0 Å². The SMILES string of the molecule is C=CC(=O)OCCCC[Si](OC)(OC)OC. The highest BCUT2D eigenvalue weighted by molar-refractivity contribution is 6.60. The summed E-state index contributed by atoms with van der Waals surface area (Å²) in [6.07, 6.45) is 2.73. The molecular weight excluding hydrogens is 228 g/mol. The Bertz CT molecular complexity index is 207. The molecule has 0 radical (unpaired) electrons. The Kier molecular flexibility index (Phi) is 8.09. The highest BCUT2D eigenvalue weighted by Gasteiger charge is 2.36. The number of carbonyl (C=O) groups excluding carboxylic acids is 1. The maximum atomic E-state index is 10.7. The Morgan fingerprint density at radius 1 is 1.19 bits per heavy atom. The van der Waals surface area contributed by atoms with Crippen molar-refractivity contribution < 1.29 is 22.8 Å². The average Bonchev–Trinajstić information content (AvgIpc) is 2.34. The zero-order valence-electron chi connectivity index (χ0n) is 10.2. The second-order valence-corrected chi connectivity index (χ2v) is 6.21. The molecule has 0 fully saturated rings. The molecule has 0 aromatic rings. The third-order valence-corrected chi connectivity index (χ3v) is 5.05. The van der Waals surface area contributed by atoms with Crippen LogP contribution in [0.1, 0.15) is 12.8 Å². The molecule has 0 saturated heterocycles. The first-order chi connectivity index (χ1) is 7.64. The fraction of sp³-hybridized carbons (Fsp3) is 0.700. The van der Waals surface area contributed by atoms with Crippen LogP contribution in [-0.2, 0) is 22.8 Å². The molecule has 0 spiro atoms. The molecule has 0 rings (SSSR count). The lowest BCUT2D eigenvalue weighted by Gasteiger charge is -2.24.